The summed E-state index contributed by atoms with van der Waals surface area (Å²) in [6, 6.07) is 0. The van der Waals surface area contributed by atoms with E-state index in [9.17, 15) is 14.4 Å². The molecule has 4 atom stereocenters. The summed E-state index contributed by atoms with van der Waals surface area (Å²) in [5.74, 6) is -1.36. The molecule has 0 aliphatic rings. The molecule has 0 amide bonds. The maximum absolute atomic E-state index is 12.7. The molecule has 0 spiro atoms. The minimum atomic E-state index is -0.784. The van der Waals surface area contributed by atoms with Gasteiger partial charge in [-0.25, -0.2) is 0 Å². The van der Waals surface area contributed by atoms with Crippen LogP contribution in [0.4, 0.5) is 0 Å². The van der Waals surface area contributed by atoms with Gasteiger partial charge in [0.25, 0.3) is 0 Å². The molecule has 0 fully saturated rings. The van der Waals surface area contributed by atoms with Gasteiger partial charge in [0.2, 0.25) is 0 Å². The molecule has 0 saturated heterocycles. The van der Waals surface area contributed by atoms with Crippen molar-refractivity contribution in [1.29, 1.82) is 0 Å². The van der Waals surface area contributed by atoms with Crippen molar-refractivity contribution in [2.75, 3.05) is 13.2 Å². The first kappa shape index (κ1) is 31.4. The molecule has 1 unspecified atom stereocenters. The van der Waals surface area contributed by atoms with Gasteiger partial charge in [0.1, 0.15) is 13.2 Å². The maximum atomic E-state index is 12.7. The number of hydrogen-bond acceptors (Lipinski definition) is 6. The third-order valence-electron chi connectivity index (χ3n) is 6.30. The number of carbonyl (C=O) groups is 3. The fourth-order valence-corrected chi connectivity index (χ4v) is 3.78. The Kier molecular flexibility index (Phi) is 18.9. The van der Waals surface area contributed by atoms with Gasteiger partial charge in [-0.05, 0) is 38.5 Å². The van der Waals surface area contributed by atoms with Crippen molar-refractivity contribution in [1.82, 2.24) is 0 Å². The Morgan fingerprint density at radius 2 is 0.879 bits per heavy atom. The van der Waals surface area contributed by atoms with E-state index in [-0.39, 0.29) is 48.9 Å². The van der Waals surface area contributed by atoms with Crippen molar-refractivity contribution < 1.29 is 28.6 Å². The van der Waals surface area contributed by atoms with Gasteiger partial charge >= 0.3 is 17.9 Å². The second-order valence-electron chi connectivity index (χ2n) is 9.06. The fourth-order valence-electron chi connectivity index (χ4n) is 3.78. The van der Waals surface area contributed by atoms with Crippen LogP contribution in [0, 0.1) is 17.8 Å². The highest BCUT2D eigenvalue weighted by Gasteiger charge is 2.27. The number of rotatable bonds is 20. The first-order valence-electron chi connectivity index (χ1n) is 13.4. The highest BCUT2D eigenvalue weighted by Crippen LogP contribution is 2.19. The molecule has 0 aromatic rings. The van der Waals surface area contributed by atoms with Crippen molar-refractivity contribution in [2.24, 2.45) is 17.8 Å². The average Bonchev–Trinajstić information content (AvgIpc) is 2.82. The van der Waals surface area contributed by atoms with Crippen LogP contribution < -0.4 is 0 Å². The van der Waals surface area contributed by atoms with Gasteiger partial charge in [0.05, 0.1) is 17.8 Å². The Morgan fingerprint density at radius 1 is 0.545 bits per heavy atom. The predicted molar refractivity (Wildman–Crippen MR) is 132 cm³/mol. The normalized spacial score (nSPS) is 14.7. The van der Waals surface area contributed by atoms with E-state index in [4.69, 9.17) is 14.2 Å². The van der Waals surface area contributed by atoms with E-state index in [1.54, 1.807) is 0 Å². The van der Waals surface area contributed by atoms with E-state index in [0.29, 0.717) is 19.3 Å². The summed E-state index contributed by atoms with van der Waals surface area (Å²) in [5, 5.41) is 0. The Morgan fingerprint density at radius 3 is 1.18 bits per heavy atom. The summed E-state index contributed by atoms with van der Waals surface area (Å²) in [5.41, 5.74) is 0. The zero-order chi connectivity index (χ0) is 25.1. The lowest BCUT2D eigenvalue weighted by atomic mass is 9.99. The Hall–Kier alpha value is -1.59. The third-order valence-corrected chi connectivity index (χ3v) is 6.30. The lowest BCUT2D eigenvalue weighted by Gasteiger charge is -2.23. The second-order valence-corrected chi connectivity index (χ2v) is 9.06. The van der Waals surface area contributed by atoms with Gasteiger partial charge in [0.15, 0.2) is 6.10 Å². The van der Waals surface area contributed by atoms with Gasteiger partial charge in [-0.2, -0.15) is 0 Å². The van der Waals surface area contributed by atoms with Crippen molar-refractivity contribution >= 4 is 17.9 Å². The van der Waals surface area contributed by atoms with E-state index in [1.807, 2.05) is 20.8 Å². The van der Waals surface area contributed by atoms with E-state index in [1.165, 1.54) is 0 Å². The molecular formula is C27H50O6. The molecule has 6 heteroatoms. The van der Waals surface area contributed by atoms with Crippen LogP contribution in [-0.2, 0) is 28.6 Å². The summed E-state index contributed by atoms with van der Waals surface area (Å²) in [4.78, 5) is 37.8. The summed E-state index contributed by atoms with van der Waals surface area (Å²) in [6.45, 7) is 12.0. The molecule has 194 valence electrons. The first-order valence-corrected chi connectivity index (χ1v) is 13.4. The lowest BCUT2D eigenvalue weighted by Crippen LogP contribution is -2.34. The lowest BCUT2D eigenvalue weighted by molar-refractivity contribution is -0.172. The van der Waals surface area contributed by atoms with Gasteiger partial charge in [0, 0.05) is 0 Å². The van der Waals surface area contributed by atoms with Gasteiger partial charge in [-0.3, -0.25) is 14.4 Å². The predicted octanol–water partition coefficient (Wildman–Crippen LogP) is 6.63. The molecule has 0 N–H and O–H groups in total. The van der Waals surface area contributed by atoms with E-state index >= 15 is 0 Å². The van der Waals surface area contributed by atoms with Crippen LogP contribution in [0.25, 0.3) is 0 Å². The molecule has 0 aromatic carbocycles. The highest BCUT2D eigenvalue weighted by molar-refractivity contribution is 5.74. The standard InChI is InChI=1S/C27H50O6/c1-7-13-16-21(10-4)25(28)31-19-24(33-27(30)23(12-6)18-15-9-3)20-32-26(29)22(11-5)17-14-8-2/h21-24H,7-20H2,1-6H3/t21-,22+,23-,24?/m1/s1. The molecule has 0 radical (unpaired) electrons. The smallest absolute Gasteiger partial charge is 0.309 e. The molecule has 33 heavy (non-hydrogen) atoms. The maximum Gasteiger partial charge on any atom is 0.309 e. The largest absolute Gasteiger partial charge is 0.461 e. The minimum Gasteiger partial charge on any atom is -0.461 e. The summed E-state index contributed by atoms with van der Waals surface area (Å²) >= 11 is 0. The van der Waals surface area contributed by atoms with Crippen molar-refractivity contribution in [3.05, 3.63) is 0 Å². The number of hydrogen-bond donors (Lipinski definition) is 0. The van der Waals surface area contributed by atoms with E-state index in [2.05, 4.69) is 20.8 Å². The van der Waals surface area contributed by atoms with Crippen molar-refractivity contribution in [3.8, 4) is 0 Å². The molecule has 6 nitrogen and oxygen atoms in total. The molecule has 0 aliphatic carbocycles. The van der Waals surface area contributed by atoms with Crippen molar-refractivity contribution in [3.63, 3.8) is 0 Å². The fraction of sp³-hybridized carbons (Fsp3) is 0.889. The summed E-state index contributed by atoms with van der Waals surface area (Å²) in [6.07, 6.45) is 9.61. The molecule has 0 aromatic heterocycles. The zero-order valence-corrected chi connectivity index (χ0v) is 22.2. The molecule has 0 rings (SSSR count). The number of unbranched alkanes of at least 4 members (excludes halogenated alkanes) is 3. The number of esters is 3. The third kappa shape index (κ3) is 13.6. The average molecular weight is 471 g/mol. The molecular weight excluding hydrogens is 420 g/mol. The van der Waals surface area contributed by atoms with Crippen molar-refractivity contribution in [2.45, 2.75) is 125 Å². The first-order chi connectivity index (χ1) is 15.9. The molecule has 0 saturated carbocycles. The van der Waals surface area contributed by atoms with Crippen LogP contribution >= 0.6 is 0 Å². The SMILES string of the molecule is CCCC[C@@H](CC)C(=O)OCC(COC(=O)[C@@H](CC)CCCC)OC(=O)[C@H](CC)CCCC. The second kappa shape index (κ2) is 19.8. The zero-order valence-electron chi connectivity index (χ0n) is 22.2. The monoisotopic (exact) mass is 470 g/mol. The summed E-state index contributed by atoms with van der Waals surface area (Å²) < 4.78 is 16.7. The van der Waals surface area contributed by atoms with Gasteiger partial charge in [-0.1, -0.05) is 80.1 Å². The van der Waals surface area contributed by atoms with Crippen LogP contribution in [0.1, 0.15) is 119 Å². The molecule has 0 bridgehead atoms. The Labute approximate surface area is 202 Å². The number of carbonyl (C=O) groups excluding carboxylic acids is 3. The highest BCUT2D eigenvalue weighted by atomic mass is 16.6. The topological polar surface area (TPSA) is 78.9 Å². The Balaban J connectivity index is 5.11. The van der Waals surface area contributed by atoms with E-state index in [0.717, 1.165) is 57.8 Å². The molecule has 0 heterocycles. The van der Waals surface area contributed by atoms with Gasteiger partial charge < -0.3 is 14.2 Å². The van der Waals surface area contributed by atoms with Crippen LogP contribution in [0.15, 0.2) is 0 Å². The van der Waals surface area contributed by atoms with Crippen LogP contribution in [-0.4, -0.2) is 37.2 Å². The minimum absolute atomic E-state index is 0.0869. The summed E-state index contributed by atoms with van der Waals surface area (Å²) in [7, 11) is 0. The van der Waals surface area contributed by atoms with Crippen LogP contribution in [0.5, 0.6) is 0 Å². The quantitative estimate of drug-likeness (QED) is 0.147. The van der Waals surface area contributed by atoms with Gasteiger partial charge in [-0.15, -0.1) is 0 Å². The van der Waals surface area contributed by atoms with Crippen LogP contribution in [0.3, 0.4) is 0 Å². The number of ether oxygens (including phenoxy) is 3. The molecule has 0 aliphatic heterocycles. The van der Waals surface area contributed by atoms with E-state index < -0.39 is 6.10 Å². The Bertz CT molecular complexity index is 501. The van der Waals surface area contributed by atoms with Crippen LogP contribution in [0.2, 0.25) is 0 Å².